The number of esters is 1. The van der Waals surface area contributed by atoms with Crippen molar-refractivity contribution in [3.05, 3.63) is 125 Å². The van der Waals surface area contributed by atoms with Crippen molar-refractivity contribution in [2.24, 2.45) is 4.99 Å². The summed E-state index contributed by atoms with van der Waals surface area (Å²) in [6, 6.07) is 22.6. The maximum Gasteiger partial charge on any atom is 0.338 e. The summed E-state index contributed by atoms with van der Waals surface area (Å²) >= 11 is 4.92. The minimum Gasteiger partial charge on any atom is -0.493 e. The normalized spacial score (nSPS) is 14.4. The molecular formula is C39H37BrN2O7S. The van der Waals surface area contributed by atoms with Gasteiger partial charge in [0.15, 0.2) is 27.8 Å². The van der Waals surface area contributed by atoms with Crippen molar-refractivity contribution in [1.29, 1.82) is 0 Å². The number of carbonyl (C=O) groups is 1. The number of benzene rings is 4. The summed E-state index contributed by atoms with van der Waals surface area (Å²) in [5, 5.41) is 2.26. The van der Waals surface area contributed by atoms with Crippen molar-refractivity contribution in [1.82, 2.24) is 4.57 Å². The predicted molar refractivity (Wildman–Crippen MR) is 198 cm³/mol. The molecule has 0 fully saturated rings. The van der Waals surface area contributed by atoms with Crippen LogP contribution >= 0.6 is 27.3 Å². The van der Waals surface area contributed by atoms with E-state index in [9.17, 15) is 9.59 Å². The van der Waals surface area contributed by atoms with E-state index in [0.717, 1.165) is 16.3 Å². The third-order valence-electron chi connectivity index (χ3n) is 8.22. The zero-order valence-electron chi connectivity index (χ0n) is 28.6. The van der Waals surface area contributed by atoms with Crippen LogP contribution in [0.4, 0.5) is 0 Å². The third-order valence-corrected chi connectivity index (χ3v) is 9.89. The quantitative estimate of drug-likeness (QED) is 0.133. The second-order valence-electron chi connectivity index (χ2n) is 11.8. The van der Waals surface area contributed by atoms with Crippen LogP contribution in [0.15, 0.2) is 98.3 Å². The van der Waals surface area contributed by atoms with E-state index >= 15 is 0 Å². The average Bonchev–Trinajstić information content (AvgIpc) is 3.41. The van der Waals surface area contributed by atoms with E-state index in [2.05, 4.69) is 34.1 Å². The summed E-state index contributed by atoms with van der Waals surface area (Å²) in [4.78, 5) is 32.8. The van der Waals surface area contributed by atoms with Gasteiger partial charge in [0.2, 0.25) is 0 Å². The lowest BCUT2D eigenvalue weighted by Crippen LogP contribution is -2.40. The van der Waals surface area contributed by atoms with Crippen molar-refractivity contribution < 1.29 is 28.5 Å². The van der Waals surface area contributed by atoms with Crippen LogP contribution in [0.25, 0.3) is 16.8 Å². The van der Waals surface area contributed by atoms with Crippen LogP contribution in [-0.2, 0) is 16.1 Å². The highest BCUT2D eigenvalue weighted by molar-refractivity contribution is 9.10. The molecule has 1 aliphatic rings. The lowest BCUT2D eigenvalue weighted by molar-refractivity contribution is -0.139. The topological polar surface area (TPSA) is 97.6 Å². The first-order valence-corrected chi connectivity index (χ1v) is 17.8. The molecule has 1 aromatic heterocycles. The van der Waals surface area contributed by atoms with Crippen LogP contribution in [0.2, 0.25) is 0 Å². The van der Waals surface area contributed by atoms with E-state index in [1.165, 1.54) is 11.3 Å². The molecular weight excluding hydrogens is 720 g/mol. The number of ether oxygens (including phenoxy) is 5. The number of nitrogens with zero attached hydrogens (tertiary/aromatic N) is 2. The standard InChI is InChI=1S/C39H37BrN2O7S/c1-7-47-38(44)35-23(4)41-39-42(36(35)25-15-16-30(49-22(2)3)31(17-25)45-5)37(43)34(50-39)19-27-18-32(46-6)33(20-29(27)40)48-21-26-13-10-12-24-11-8-9-14-28(24)26/h8-20,22,36H,7,21H2,1-6H3/b34-19-/t36-/m0/s1. The van der Waals surface area contributed by atoms with E-state index in [1.807, 2.05) is 56.3 Å². The van der Waals surface area contributed by atoms with Crippen molar-refractivity contribution in [3.63, 3.8) is 0 Å². The number of fused-ring (bicyclic) bond motifs is 2. The maximum absolute atomic E-state index is 14.3. The summed E-state index contributed by atoms with van der Waals surface area (Å²) < 4.78 is 31.7. The molecule has 0 spiro atoms. The van der Waals surface area contributed by atoms with Gasteiger partial charge in [0, 0.05) is 4.47 Å². The van der Waals surface area contributed by atoms with Crippen molar-refractivity contribution in [2.75, 3.05) is 20.8 Å². The Morgan fingerprint density at radius 1 is 0.980 bits per heavy atom. The Balaban J connectivity index is 1.41. The SMILES string of the molecule is CCOC(=O)C1=C(C)N=c2s/c(=C\c3cc(OC)c(OCc4cccc5ccccc45)cc3Br)c(=O)n2[C@H]1c1ccc(OC(C)C)c(OC)c1. The summed E-state index contributed by atoms with van der Waals surface area (Å²) in [5.41, 5.74) is 2.85. The Bertz CT molecular complexity index is 2300. The molecule has 0 aliphatic carbocycles. The molecule has 0 radical (unpaired) electrons. The molecule has 5 aromatic rings. The first-order valence-electron chi connectivity index (χ1n) is 16.1. The van der Waals surface area contributed by atoms with Crippen LogP contribution in [0.1, 0.15) is 50.4 Å². The molecule has 0 bridgehead atoms. The maximum atomic E-state index is 14.3. The molecule has 0 saturated heterocycles. The van der Waals surface area contributed by atoms with Crippen molar-refractivity contribution in [2.45, 2.75) is 46.4 Å². The van der Waals surface area contributed by atoms with Crippen molar-refractivity contribution >= 4 is 50.1 Å². The number of allylic oxidation sites excluding steroid dienone is 1. The lowest BCUT2D eigenvalue weighted by atomic mass is 9.95. The number of aromatic nitrogens is 1. The van der Waals surface area contributed by atoms with Gasteiger partial charge in [-0.3, -0.25) is 9.36 Å². The van der Waals surface area contributed by atoms with E-state index in [0.29, 0.717) is 60.2 Å². The molecule has 2 heterocycles. The largest absolute Gasteiger partial charge is 0.493 e. The second kappa shape index (κ2) is 14.9. The zero-order valence-corrected chi connectivity index (χ0v) is 31.0. The van der Waals surface area contributed by atoms with Crippen molar-refractivity contribution in [3.8, 4) is 23.0 Å². The van der Waals surface area contributed by atoms with Gasteiger partial charge in [0.1, 0.15) is 6.61 Å². The lowest BCUT2D eigenvalue weighted by Gasteiger charge is -2.25. The minimum atomic E-state index is -0.808. The van der Waals surface area contributed by atoms with E-state index in [-0.39, 0.29) is 23.8 Å². The molecule has 11 heteroatoms. The Labute approximate surface area is 302 Å². The third kappa shape index (κ3) is 6.93. The molecule has 6 rings (SSSR count). The Kier molecular flexibility index (Phi) is 10.4. The number of methoxy groups -OCH3 is 2. The van der Waals surface area contributed by atoms with Gasteiger partial charge in [-0.15, -0.1) is 0 Å². The van der Waals surface area contributed by atoms with Crippen LogP contribution in [0, 0.1) is 0 Å². The second-order valence-corrected chi connectivity index (χ2v) is 13.7. The van der Waals surface area contributed by atoms with E-state index in [4.69, 9.17) is 28.7 Å². The van der Waals surface area contributed by atoms with Gasteiger partial charge in [-0.1, -0.05) is 75.8 Å². The molecule has 0 N–H and O–H groups in total. The fourth-order valence-electron chi connectivity index (χ4n) is 5.96. The molecule has 9 nitrogen and oxygen atoms in total. The predicted octanol–water partition coefficient (Wildman–Crippen LogP) is 7.10. The molecule has 0 amide bonds. The van der Waals surface area contributed by atoms with Gasteiger partial charge in [-0.2, -0.15) is 0 Å². The van der Waals surface area contributed by atoms with Gasteiger partial charge in [0.25, 0.3) is 5.56 Å². The molecule has 0 unspecified atom stereocenters. The Morgan fingerprint density at radius 3 is 2.46 bits per heavy atom. The first kappa shape index (κ1) is 35.0. The Morgan fingerprint density at radius 2 is 1.72 bits per heavy atom. The zero-order chi connectivity index (χ0) is 35.5. The Hall–Kier alpha value is -4.87. The fourth-order valence-corrected chi connectivity index (χ4v) is 7.44. The van der Waals surface area contributed by atoms with Crippen LogP contribution in [-0.4, -0.2) is 37.5 Å². The van der Waals surface area contributed by atoms with Crippen LogP contribution < -0.4 is 33.8 Å². The number of thiazole rings is 1. The molecule has 50 heavy (non-hydrogen) atoms. The van der Waals surface area contributed by atoms with E-state index in [1.54, 1.807) is 50.8 Å². The van der Waals surface area contributed by atoms with Gasteiger partial charge in [0.05, 0.1) is 48.8 Å². The highest BCUT2D eigenvalue weighted by Gasteiger charge is 2.34. The monoisotopic (exact) mass is 756 g/mol. The van der Waals surface area contributed by atoms with Gasteiger partial charge < -0.3 is 23.7 Å². The first-order chi connectivity index (χ1) is 24.1. The summed E-state index contributed by atoms with van der Waals surface area (Å²) in [6.07, 6.45) is 1.71. The summed E-state index contributed by atoms with van der Waals surface area (Å²) in [5.74, 6) is 1.57. The number of hydrogen-bond donors (Lipinski definition) is 0. The van der Waals surface area contributed by atoms with Gasteiger partial charge in [-0.25, -0.2) is 9.79 Å². The molecule has 1 aliphatic heterocycles. The highest BCUT2D eigenvalue weighted by Crippen LogP contribution is 2.37. The van der Waals surface area contributed by atoms with Crippen LogP contribution in [0.3, 0.4) is 0 Å². The molecule has 1 atom stereocenters. The van der Waals surface area contributed by atoms with Gasteiger partial charge >= 0.3 is 5.97 Å². The summed E-state index contributed by atoms with van der Waals surface area (Å²) in [6.45, 7) is 7.87. The summed E-state index contributed by atoms with van der Waals surface area (Å²) in [7, 11) is 3.13. The number of rotatable bonds is 11. The average molecular weight is 758 g/mol. The molecule has 258 valence electrons. The molecule has 0 saturated carbocycles. The number of hydrogen-bond acceptors (Lipinski definition) is 9. The van der Waals surface area contributed by atoms with Crippen LogP contribution in [0.5, 0.6) is 23.0 Å². The highest BCUT2D eigenvalue weighted by atomic mass is 79.9. The van der Waals surface area contributed by atoms with Gasteiger partial charge in [-0.05, 0) is 85.5 Å². The number of carbonyl (C=O) groups excluding carboxylic acids is 1. The fraction of sp³-hybridized carbons (Fsp3) is 0.256. The smallest absolute Gasteiger partial charge is 0.338 e. The molecule has 4 aromatic carbocycles. The number of halogens is 1. The minimum absolute atomic E-state index is 0.0764. The van der Waals surface area contributed by atoms with E-state index < -0.39 is 12.0 Å².